The van der Waals surface area contributed by atoms with Gasteiger partial charge in [0.05, 0.1) is 13.0 Å². The van der Waals surface area contributed by atoms with Crippen LogP contribution < -0.4 is 0 Å². The number of phosphoric ester groups is 1. The molecule has 1 rings (SSSR count). The van der Waals surface area contributed by atoms with Crippen molar-refractivity contribution in [1.29, 1.82) is 0 Å². The number of esters is 2. The van der Waals surface area contributed by atoms with E-state index in [1.54, 1.807) is 12.2 Å². The lowest BCUT2D eigenvalue weighted by molar-refractivity contribution is -0.220. The minimum atomic E-state index is -5.16. The first-order chi connectivity index (χ1) is 30.4. The number of phosphoric acid groups is 1. The summed E-state index contributed by atoms with van der Waals surface area (Å²) >= 11 is 0. The van der Waals surface area contributed by atoms with Gasteiger partial charge in [-0.1, -0.05) is 142 Å². The van der Waals surface area contributed by atoms with Crippen LogP contribution in [0.15, 0.2) is 122 Å². The molecule has 13 nitrogen and oxygen atoms in total. The predicted molar refractivity (Wildman–Crippen MR) is 248 cm³/mol. The number of carbonyl (C=O) groups is 2. The van der Waals surface area contributed by atoms with Crippen molar-refractivity contribution in [1.82, 2.24) is 0 Å². The quantitative estimate of drug-likeness (QED) is 0.0155. The average molecular weight is 903 g/mol. The number of ether oxygens (including phenoxy) is 2. The Hall–Kier alpha value is -3.75. The van der Waals surface area contributed by atoms with Gasteiger partial charge in [0.25, 0.3) is 0 Å². The standard InChI is InChI=1S/C49H75O13P/c1-3-5-7-9-11-13-15-17-19-20-21-22-24-26-28-30-32-34-36-38-43(51)61-41(40-60-63(57,58)62-49-47(55)45(53)44(52)46(54)48(49)56)39-59-42(50)37-35-33-31-29-27-25-23-18-16-14-12-10-8-6-4-2/h5-8,11-14,17-19,21-23,26-29,33,35,41,44-49,52-56H,3-4,9-10,15-16,20,24-25,30-32,34,36-40H2,1-2H3,(H,57,58)/b7-5-,8-6-,13-11-,14-12-,19-17-,22-21-,23-18-,28-26-,29-27-,35-33-. The lowest BCUT2D eigenvalue weighted by atomic mass is 9.85. The van der Waals surface area contributed by atoms with Gasteiger partial charge in [0.15, 0.2) is 6.10 Å². The molecule has 6 N–H and O–H groups in total. The largest absolute Gasteiger partial charge is 0.472 e. The summed E-state index contributed by atoms with van der Waals surface area (Å²) in [6.45, 7) is 2.93. The van der Waals surface area contributed by atoms with Crippen molar-refractivity contribution in [3.63, 3.8) is 0 Å². The summed E-state index contributed by atoms with van der Waals surface area (Å²) in [6.07, 6.45) is 39.9. The normalized spacial score (nSPS) is 22.9. The zero-order valence-electron chi connectivity index (χ0n) is 37.3. The van der Waals surface area contributed by atoms with Gasteiger partial charge in [-0.3, -0.25) is 18.6 Å². The van der Waals surface area contributed by atoms with Crippen LogP contribution in [0.25, 0.3) is 0 Å². The first-order valence-corrected chi connectivity index (χ1v) is 23.8. The fraction of sp³-hybridized carbons (Fsp3) is 0.551. The topological polar surface area (TPSA) is 210 Å². The lowest BCUT2D eigenvalue weighted by Gasteiger charge is -2.41. The molecule has 14 heteroatoms. The Labute approximate surface area is 375 Å². The van der Waals surface area contributed by atoms with Crippen LogP contribution in [0, 0.1) is 0 Å². The van der Waals surface area contributed by atoms with Crippen LogP contribution in [0.5, 0.6) is 0 Å². The molecular weight excluding hydrogens is 828 g/mol. The second kappa shape index (κ2) is 37.6. The second-order valence-corrected chi connectivity index (χ2v) is 16.2. The molecule has 0 aromatic rings. The Kier molecular flexibility index (Phi) is 34.2. The SMILES string of the molecule is CC/C=C\C/C=C\C/C=C\C/C=C\C/C=C\CCCCCC(=O)OC(COC(=O)C/C=C\C/C=C\C/C=C\C/C=C\C/C=C\CC)COP(=O)(O)OC1C(O)C(O)C(O)C(O)C1O. The molecule has 0 radical (unpaired) electrons. The summed E-state index contributed by atoms with van der Waals surface area (Å²) < 4.78 is 33.3. The molecule has 0 saturated heterocycles. The molecule has 0 aliphatic heterocycles. The van der Waals surface area contributed by atoms with Gasteiger partial charge >= 0.3 is 19.8 Å². The molecule has 1 aliphatic carbocycles. The van der Waals surface area contributed by atoms with Gasteiger partial charge in [0.2, 0.25) is 0 Å². The van der Waals surface area contributed by atoms with E-state index in [4.69, 9.17) is 18.5 Å². The Bertz CT molecular complexity index is 1560. The van der Waals surface area contributed by atoms with E-state index >= 15 is 0 Å². The zero-order valence-corrected chi connectivity index (χ0v) is 38.2. The number of hydrogen-bond donors (Lipinski definition) is 6. The van der Waals surface area contributed by atoms with Crippen LogP contribution in [-0.4, -0.2) is 98.3 Å². The van der Waals surface area contributed by atoms with E-state index in [1.165, 1.54) is 0 Å². The number of aliphatic hydroxyl groups is 5. The summed E-state index contributed by atoms with van der Waals surface area (Å²) in [5, 5.41) is 50.1. The van der Waals surface area contributed by atoms with Crippen molar-refractivity contribution in [2.75, 3.05) is 13.2 Å². The smallest absolute Gasteiger partial charge is 0.461 e. The van der Waals surface area contributed by atoms with Gasteiger partial charge in [-0.25, -0.2) is 4.57 Å². The predicted octanol–water partition coefficient (Wildman–Crippen LogP) is 8.61. The highest BCUT2D eigenvalue weighted by Gasteiger charge is 2.51. The van der Waals surface area contributed by atoms with E-state index in [-0.39, 0.29) is 12.8 Å². The number of aliphatic hydroxyl groups excluding tert-OH is 5. The summed E-state index contributed by atoms with van der Waals surface area (Å²) in [5.41, 5.74) is 0. The van der Waals surface area contributed by atoms with Crippen molar-refractivity contribution in [3.05, 3.63) is 122 Å². The Morgan fingerprint density at radius 2 is 0.905 bits per heavy atom. The van der Waals surface area contributed by atoms with E-state index in [1.807, 2.05) is 12.2 Å². The number of unbranched alkanes of at least 4 members (excludes halogenated alkanes) is 3. The summed E-state index contributed by atoms with van der Waals surface area (Å²) in [7, 11) is -5.16. The molecule has 0 bridgehead atoms. The molecule has 6 atom stereocenters. The minimum Gasteiger partial charge on any atom is -0.461 e. The highest BCUT2D eigenvalue weighted by atomic mass is 31.2. The van der Waals surface area contributed by atoms with Crippen molar-refractivity contribution in [3.8, 4) is 0 Å². The number of hydrogen-bond acceptors (Lipinski definition) is 12. The minimum absolute atomic E-state index is 0.0298. The molecule has 0 spiro atoms. The van der Waals surface area contributed by atoms with Crippen LogP contribution in [0.1, 0.15) is 117 Å². The molecule has 6 unspecified atom stereocenters. The summed E-state index contributed by atoms with van der Waals surface area (Å²) in [5.74, 6) is -1.30. The van der Waals surface area contributed by atoms with Gasteiger partial charge < -0.3 is 39.9 Å². The molecule has 0 aromatic heterocycles. The fourth-order valence-electron chi connectivity index (χ4n) is 5.80. The van der Waals surface area contributed by atoms with Crippen LogP contribution in [-0.2, 0) is 32.7 Å². The maximum atomic E-state index is 12.8. The van der Waals surface area contributed by atoms with Gasteiger partial charge in [-0.2, -0.15) is 0 Å². The molecule has 1 aliphatic rings. The Morgan fingerprint density at radius 3 is 1.35 bits per heavy atom. The Morgan fingerprint density at radius 1 is 0.508 bits per heavy atom. The fourth-order valence-corrected chi connectivity index (χ4v) is 6.77. The molecule has 0 amide bonds. The van der Waals surface area contributed by atoms with E-state index in [0.29, 0.717) is 12.8 Å². The molecule has 354 valence electrons. The van der Waals surface area contributed by atoms with E-state index in [2.05, 4.69) is 111 Å². The van der Waals surface area contributed by atoms with Gasteiger partial charge in [-0.05, 0) is 83.5 Å². The maximum absolute atomic E-state index is 12.8. The van der Waals surface area contributed by atoms with Crippen LogP contribution in [0.2, 0.25) is 0 Å². The van der Waals surface area contributed by atoms with E-state index in [9.17, 15) is 44.6 Å². The third-order valence-electron chi connectivity index (χ3n) is 9.33. The van der Waals surface area contributed by atoms with Gasteiger partial charge in [0.1, 0.15) is 43.2 Å². The third kappa shape index (κ3) is 30.1. The van der Waals surface area contributed by atoms with Gasteiger partial charge in [-0.15, -0.1) is 0 Å². The molecule has 0 aromatic carbocycles. The summed E-state index contributed by atoms with van der Waals surface area (Å²) in [6, 6.07) is 0. The maximum Gasteiger partial charge on any atom is 0.472 e. The molecule has 1 saturated carbocycles. The van der Waals surface area contributed by atoms with Gasteiger partial charge in [0, 0.05) is 6.42 Å². The summed E-state index contributed by atoms with van der Waals surface area (Å²) in [4.78, 5) is 35.6. The number of rotatable bonds is 34. The van der Waals surface area contributed by atoms with Crippen LogP contribution in [0.4, 0.5) is 0 Å². The van der Waals surface area contributed by atoms with Crippen molar-refractivity contribution < 1.29 is 63.1 Å². The molecular formula is C49H75O13P. The Balaban J connectivity index is 2.57. The van der Waals surface area contributed by atoms with Crippen LogP contribution >= 0.6 is 7.82 Å². The highest BCUT2D eigenvalue weighted by molar-refractivity contribution is 7.47. The molecule has 63 heavy (non-hydrogen) atoms. The van der Waals surface area contributed by atoms with E-state index < -0.39 is 75.7 Å². The highest BCUT2D eigenvalue weighted by Crippen LogP contribution is 2.47. The van der Waals surface area contributed by atoms with Crippen molar-refractivity contribution >= 4 is 19.8 Å². The lowest BCUT2D eigenvalue weighted by Crippen LogP contribution is -2.64. The first kappa shape index (κ1) is 57.3. The third-order valence-corrected chi connectivity index (χ3v) is 10.3. The zero-order chi connectivity index (χ0) is 46.4. The first-order valence-electron chi connectivity index (χ1n) is 22.3. The second-order valence-electron chi connectivity index (χ2n) is 14.8. The van der Waals surface area contributed by atoms with Crippen LogP contribution in [0.3, 0.4) is 0 Å². The average Bonchev–Trinajstić information content (AvgIpc) is 3.26. The number of carbonyl (C=O) groups excluding carboxylic acids is 2. The van der Waals surface area contributed by atoms with Crippen molar-refractivity contribution in [2.45, 2.75) is 159 Å². The molecule has 0 heterocycles. The molecule has 1 fully saturated rings. The monoisotopic (exact) mass is 902 g/mol. The van der Waals surface area contributed by atoms with E-state index in [0.717, 1.165) is 77.0 Å². The number of allylic oxidation sites excluding steroid dienone is 19. The van der Waals surface area contributed by atoms with Crippen molar-refractivity contribution in [2.24, 2.45) is 0 Å².